The van der Waals surface area contributed by atoms with E-state index in [0.29, 0.717) is 0 Å². The smallest absolute Gasteiger partial charge is 1.00 e. The fourth-order valence-corrected chi connectivity index (χ4v) is 12.2. The van der Waals surface area contributed by atoms with Crippen molar-refractivity contribution in [3.8, 4) is 0 Å². The van der Waals surface area contributed by atoms with E-state index in [4.69, 9.17) is 0 Å². The SMILES string of the molecule is CC1=[C-]C(C)(C)C(C)=C1C.CC1=[C-]C(C)(C)C(C)=C1C.CCCP(CCC)c1cc2ccccc2[cH-]1.CCCP(CCC)c1cc2ccccc2[cH-]1.[Cl-].[Cl-].[Zr+2].[Zr+2]. The quantitative estimate of drug-likeness (QED) is 0.110. The Morgan fingerprint density at radius 1 is 0.500 bits per heavy atom. The zero-order valence-electron chi connectivity index (χ0n) is 37.2. The summed E-state index contributed by atoms with van der Waals surface area (Å²) in [6.07, 6.45) is 17.7. The largest absolute Gasteiger partial charge is 2.00 e. The second-order valence-electron chi connectivity index (χ2n) is 15.9. The van der Waals surface area contributed by atoms with E-state index in [1.807, 2.05) is 0 Å². The van der Waals surface area contributed by atoms with Gasteiger partial charge >= 0.3 is 52.4 Å². The third kappa shape index (κ3) is 16.4. The first-order valence-corrected chi connectivity index (χ1v) is 23.4. The summed E-state index contributed by atoms with van der Waals surface area (Å²) in [6, 6.07) is 27.1. The van der Waals surface area contributed by atoms with Gasteiger partial charge in [0.1, 0.15) is 0 Å². The van der Waals surface area contributed by atoms with Crippen LogP contribution in [0.1, 0.15) is 123 Å². The standard InChI is InChI=1S/2C15H20P.2C10H15.2ClH.2Zr/c2*1-3-9-16(10-4-2)15-11-13-7-5-6-8-14(13)12-15;2*1-7-6-10(4,5)9(3)8(7)2;;;;/h2*5-8,11-12H,3-4,9-10H2,1-2H3;2*1-5H3;2*1H;;/q4*-1;;;2*+2/p-2. The maximum Gasteiger partial charge on any atom is 2.00 e. The van der Waals surface area contributed by atoms with E-state index in [1.165, 1.54) is 105 Å². The van der Waals surface area contributed by atoms with Crippen molar-refractivity contribution < 1.29 is 77.2 Å². The molecule has 0 spiro atoms. The maximum atomic E-state index is 3.44. The molecule has 0 aliphatic heterocycles. The van der Waals surface area contributed by atoms with E-state index in [-0.39, 0.29) is 104 Å². The Labute approximate surface area is 398 Å². The van der Waals surface area contributed by atoms with Crippen molar-refractivity contribution >= 4 is 48.0 Å². The first-order chi connectivity index (χ1) is 24.6. The van der Waals surface area contributed by atoms with Crippen molar-refractivity contribution in [1.82, 2.24) is 0 Å². The number of hydrogen-bond donors (Lipinski definition) is 0. The molecule has 0 saturated carbocycles. The van der Waals surface area contributed by atoms with Crippen LogP contribution in [0, 0.1) is 23.0 Å². The molecule has 0 amide bonds. The Hall–Kier alpha value is -0.174. The van der Waals surface area contributed by atoms with Gasteiger partial charge in [0.25, 0.3) is 0 Å². The molecule has 4 aromatic carbocycles. The van der Waals surface area contributed by atoms with E-state index in [2.05, 4.69) is 182 Å². The zero-order chi connectivity index (χ0) is 38.6. The minimum Gasteiger partial charge on any atom is -1.00 e. The first-order valence-electron chi connectivity index (χ1n) is 20.0. The topological polar surface area (TPSA) is 0 Å². The molecule has 4 aromatic rings. The van der Waals surface area contributed by atoms with Crippen LogP contribution in [0.4, 0.5) is 0 Å². The molecule has 2 aliphatic carbocycles. The molecule has 6 rings (SSSR count). The molecule has 0 bridgehead atoms. The molecule has 56 heavy (non-hydrogen) atoms. The molecule has 0 atom stereocenters. The van der Waals surface area contributed by atoms with Gasteiger partial charge in [-0.3, -0.25) is 12.2 Å². The molecule has 0 heterocycles. The van der Waals surface area contributed by atoms with Crippen LogP contribution in [0.5, 0.6) is 0 Å². The van der Waals surface area contributed by atoms with Crippen molar-refractivity contribution in [1.29, 1.82) is 0 Å². The van der Waals surface area contributed by atoms with Gasteiger partial charge in [-0.25, -0.2) is 11.1 Å². The number of benzene rings is 2. The van der Waals surface area contributed by atoms with Crippen molar-refractivity contribution in [3.05, 3.63) is 118 Å². The fourth-order valence-electron chi connectivity index (χ4n) is 7.27. The van der Waals surface area contributed by atoms with Gasteiger partial charge in [0.05, 0.1) is 0 Å². The van der Waals surface area contributed by atoms with Gasteiger partial charge in [-0.05, 0) is 24.6 Å². The van der Waals surface area contributed by atoms with Crippen LogP contribution in [0.3, 0.4) is 0 Å². The van der Waals surface area contributed by atoms with E-state index < -0.39 is 0 Å². The normalized spacial score (nSPS) is 14.9. The summed E-state index contributed by atoms with van der Waals surface area (Å²) in [7, 11) is 0.194. The molecule has 2 aliphatic rings. The number of hydrogen-bond acceptors (Lipinski definition) is 0. The summed E-state index contributed by atoms with van der Waals surface area (Å²) < 4.78 is 0. The van der Waals surface area contributed by atoms with Crippen LogP contribution >= 0.6 is 15.8 Å². The molecule has 304 valence electrons. The summed E-state index contributed by atoms with van der Waals surface area (Å²) in [4.78, 5) is 0. The van der Waals surface area contributed by atoms with Crippen LogP contribution < -0.4 is 35.4 Å². The summed E-state index contributed by atoms with van der Waals surface area (Å²) in [5, 5.41) is 8.88. The predicted molar refractivity (Wildman–Crippen MR) is 242 cm³/mol. The van der Waals surface area contributed by atoms with Gasteiger partial charge in [-0.15, -0.1) is 94.5 Å². The molecule has 0 saturated heterocycles. The number of halogens is 2. The van der Waals surface area contributed by atoms with E-state index in [0.717, 1.165) is 0 Å². The van der Waals surface area contributed by atoms with Crippen LogP contribution in [0.2, 0.25) is 0 Å². The van der Waals surface area contributed by atoms with Crippen molar-refractivity contribution in [2.45, 2.75) is 123 Å². The first kappa shape index (κ1) is 57.9. The van der Waals surface area contributed by atoms with Gasteiger partial charge < -0.3 is 24.8 Å². The molecule has 6 heteroatoms. The van der Waals surface area contributed by atoms with E-state index in [1.54, 1.807) is 10.6 Å². The average molecular weight is 986 g/mol. The predicted octanol–water partition coefficient (Wildman–Crippen LogP) is 9.20. The Kier molecular flexibility index (Phi) is 28.6. The van der Waals surface area contributed by atoms with Gasteiger partial charge in [0.2, 0.25) is 0 Å². The monoisotopic (exact) mass is 982 g/mol. The zero-order valence-corrected chi connectivity index (χ0v) is 45.5. The second kappa shape index (κ2) is 27.6. The molecule has 0 nitrogen and oxygen atoms in total. The van der Waals surface area contributed by atoms with Crippen molar-refractivity contribution in [3.63, 3.8) is 0 Å². The summed E-state index contributed by atoms with van der Waals surface area (Å²) >= 11 is 0. The third-order valence-electron chi connectivity index (χ3n) is 11.0. The molecule has 0 aromatic heterocycles. The van der Waals surface area contributed by atoms with Crippen LogP contribution in [-0.4, -0.2) is 24.6 Å². The van der Waals surface area contributed by atoms with E-state index >= 15 is 0 Å². The van der Waals surface area contributed by atoms with Gasteiger partial charge in [0, 0.05) is 0 Å². The molecule has 0 N–H and O–H groups in total. The second-order valence-corrected chi connectivity index (χ2v) is 20.9. The summed E-state index contributed by atoms with van der Waals surface area (Å²) in [5.74, 6) is 0. The maximum absolute atomic E-state index is 3.44. The molecular weight excluding hydrogens is 916 g/mol. The molecule has 0 radical (unpaired) electrons. The van der Waals surface area contributed by atoms with Crippen molar-refractivity contribution in [2.24, 2.45) is 10.8 Å². The van der Waals surface area contributed by atoms with Crippen molar-refractivity contribution in [2.75, 3.05) is 24.6 Å². The number of rotatable bonds is 10. The Morgan fingerprint density at radius 3 is 0.982 bits per heavy atom. The molecular formula is C50H70Cl2P2Zr2-2. The minimum atomic E-state index is 0. The Balaban J connectivity index is 0. The van der Waals surface area contributed by atoms with Crippen LogP contribution in [0.25, 0.3) is 21.5 Å². The molecule has 0 unspecified atom stereocenters. The number of fused-ring (bicyclic) bond motifs is 2. The van der Waals surface area contributed by atoms with Gasteiger partial charge in [-0.2, -0.15) is 34.4 Å². The van der Waals surface area contributed by atoms with Crippen LogP contribution in [-0.2, 0) is 52.4 Å². The number of allylic oxidation sites excluding steroid dienone is 8. The minimum absolute atomic E-state index is 0. The van der Waals surface area contributed by atoms with Gasteiger partial charge in [-0.1, -0.05) is 148 Å². The third-order valence-corrected chi connectivity index (χ3v) is 17.0. The average Bonchev–Trinajstić information content (AvgIpc) is 3.83. The summed E-state index contributed by atoms with van der Waals surface area (Å²) in [6.45, 7) is 31.0. The fraction of sp³-hybridized carbons (Fsp3) is 0.480. The Bertz CT molecular complexity index is 1650. The van der Waals surface area contributed by atoms with E-state index in [9.17, 15) is 0 Å². The Morgan fingerprint density at radius 2 is 0.786 bits per heavy atom. The summed E-state index contributed by atoms with van der Waals surface area (Å²) in [5.41, 5.74) is 8.79. The van der Waals surface area contributed by atoms with Crippen LogP contribution in [0.15, 0.2) is 106 Å². The van der Waals surface area contributed by atoms with Gasteiger partial charge in [0.15, 0.2) is 0 Å². The molecule has 0 fully saturated rings.